The summed E-state index contributed by atoms with van der Waals surface area (Å²) >= 11 is 1.43. The predicted molar refractivity (Wildman–Crippen MR) is 55.2 cm³/mol. The second kappa shape index (κ2) is 4.39. The van der Waals surface area contributed by atoms with E-state index in [1.54, 1.807) is 23.8 Å². The molecule has 0 saturated carbocycles. The molecule has 0 aliphatic heterocycles. The Morgan fingerprint density at radius 2 is 2.29 bits per heavy atom. The Morgan fingerprint density at radius 3 is 2.64 bits per heavy atom. The molecule has 0 saturated heterocycles. The van der Waals surface area contributed by atoms with Crippen molar-refractivity contribution in [3.8, 4) is 0 Å². The molecule has 2 N–H and O–H groups in total. The summed E-state index contributed by atoms with van der Waals surface area (Å²) in [6.07, 6.45) is -1.00. The molecule has 0 spiro atoms. The van der Waals surface area contributed by atoms with Gasteiger partial charge in [-0.2, -0.15) is 11.3 Å². The van der Waals surface area contributed by atoms with E-state index >= 15 is 0 Å². The van der Waals surface area contributed by atoms with Crippen molar-refractivity contribution in [1.29, 1.82) is 0 Å². The number of aliphatic hydroxyl groups is 1. The van der Waals surface area contributed by atoms with E-state index in [2.05, 4.69) is 6.58 Å². The second-order valence-electron chi connectivity index (χ2n) is 3.16. The minimum atomic E-state index is -1.05. The van der Waals surface area contributed by atoms with Gasteiger partial charge < -0.3 is 10.2 Å². The van der Waals surface area contributed by atoms with Crippen molar-refractivity contribution in [3.05, 3.63) is 34.5 Å². The van der Waals surface area contributed by atoms with E-state index in [0.717, 1.165) is 0 Å². The van der Waals surface area contributed by atoms with Gasteiger partial charge in [0, 0.05) is 0 Å². The topological polar surface area (TPSA) is 57.5 Å². The molecule has 2 atom stereocenters. The van der Waals surface area contributed by atoms with E-state index in [0.29, 0.717) is 11.1 Å². The van der Waals surface area contributed by atoms with Gasteiger partial charge in [-0.3, -0.25) is 4.79 Å². The highest BCUT2D eigenvalue weighted by Gasteiger charge is 2.28. The van der Waals surface area contributed by atoms with Crippen LogP contribution in [0.5, 0.6) is 0 Å². The molecule has 0 amide bonds. The maximum atomic E-state index is 10.9. The quantitative estimate of drug-likeness (QED) is 0.751. The van der Waals surface area contributed by atoms with Gasteiger partial charge >= 0.3 is 5.97 Å². The molecule has 0 aliphatic rings. The van der Waals surface area contributed by atoms with E-state index < -0.39 is 18.0 Å². The number of carbonyl (C=O) groups is 1. The maximum absolute atomic E-state index is 10.9. The van der Waals surface area contributed by atoms with Crippen molar-refractivity contribution in [3.63, 3.8) is 0 Å². The minimum absolute atomic E-state index is 0.455. The average molecular weight is 212 g/mol. The van der Waals surface area contributed by atoms with E-state index in [1.165, 1.54) is 11.3 Å². The predicted octanol–water partition coefficient (Wildman–Crippen LogP) is 2.06. The summed E-state index contributed by atoms with van der Waals surface area (Å²) in [5.74, 6) is -1.97. The number of aliphatic hydroxyl groups excluding tert-OH is 1. The Hall–Kier alpha value is -1.13. The first-order valence-electron chi connectivity index (χ1n) is 4.12. The third-order valence-corrected chi connectivity index (χ3v) is 2.70. The molecule has 76 valence electrons. The van der Waals surface area contributed by atoms with Crippen molar-refractivity contribution < 1.29 is 15.0 Å². The summed E-state index contributed by atoms with van der Waals surface area (Å²) in [6, 6.07) is 1.72. The van der Waals surface area contributed by atoms with Gasteiger partial charge in [-0.05, 0) is 29.3 Å². The van der Waals surface area contributed by atoms with Crippen molar-refractivity contribution >= 4 is 17.3 Å². The van der Waals surface area contributed by atoms with Crippen LogP contribution in [0, 0.1) is 5.92 Å². The first-order valence-corrected chi connectivity index (χ1v) is 5.06. The van der Waals surface area contributed by atoms with E-state index in [9.17, 15) is 9.90 Å². The zero-order valence-electron chi connectivity index (χ0n) is 7.80. The van der Waals surface area contributed by atoms with Crippen molar-refractivity contribution in [2.45, 2.75) is 13.0 Å². The van der Waals surface area contributed by atoms with Crippen LogP contribution in [-0.2, 0) is 4.79 Å². The third-order valence-electron chi connectivity index (χ3n) is 2.00. The number of carboxylic acid groups (broad SMARTS) is 1. The molecular weight excluding hydrogens is 200 g/mol. The molecule has 14 heavy (non-hydrogen) atoms. The third kappa shape index (κ3) is 2.21. The number of thiophene rings is 1. The molecule has 2 unspecified atom stereocenters. The first kappa shape index (κ1) is 10.9. The lowest BCUT2D eigenvalue weighted by Gasteiger charge is -2.18. The van der Waals surface area contributed by atoms with Crippen LogP contribution in [0.2, 0.25) is 0 Å². The monoisotopic (exact) mass is 212 g/mol. The molecule has 1 aromatic heterocycles. The highest BCUT2D eigenvalue weighted by molar-refractivity contribution is 7.07. The summed E-state index contributed by atoms with van der Waals surface area (Å²) in [6.45, 7) is 5.18. The summed E-state index contributed by atoms with van der Waals surface area (Å²) in [7, 11) is 0. The number of hydrogen-bond acceptors (Lipinski definition) is 3. The SMILES string of the molecule is C=C(C)C(C(=O)O)C(O)c1ccsc1. The van der Waals surface area contributed by atoms with Crippen LogP contribution in [0.1, 0.15) is 18.6 Å². The maximum Gasteiger partial charge on any atom is 0.313 e. The van der Waals surface area contributed by atoms with Crippen LogP contribution in [-0.4, -0.2) is 16.2 Å². The van der Waals surface area contributed by atoms with Crippen LogP contribution < -0.4 is 0 Å². The lowest BCUT2D eigenvalue weighted by molar-refractivity contribution is -0.143. The number of hydrogen-bond donors (Lipinski definition) is 2. The van der Waals surface area contributed by atoms with Gasteiger partial charge in [0.1, 0.15) is 5.92 Å². The molecule has 1 aromatic rings. The smallest absolute Gasteiger partial charge is 0.313 e. The second-order valence-corrected chi connectivity index (χ2v) is 3.94. The summed E-state index contributed by atoms with van der Waals surface area (Å²) < 4.78 is 0. The van der Waals surface area contributed by atoms with Gasteiger partial charge in [0.05, 0.1) is 6.10 Å². The highest BCUT2D eigenvalue weighted by atomic mass is 32.1. The van der Waals surface area contributed by atoms with Crippen LogP contribution in [0.15, 0.2) is 29.0 Å². The van der Waals surface area contributed by atoms with Gasteiger partial charge in [-0.1, -0.05) is 12.2 Å². The van der Waals surface area contributed by atoms with E-state index in [4.69, 9.17) is 5.11 Å². The Bertz CT molecular complexity index is 315. The summed E-state index contributed by atoms with van der Waals surface area (Å²) in [4.78, 5) is 10.9. The van der Waals surface area contributed by atoms with Crippen LogP contribution in [0.4, 0.5) is 0 Å². The fourth-order valence-electron chi connectivity index (χ4n) is 1.25. The van der Waals surface area contributed by atoms with Gasteiger partial charge in [0.25, 0.3) is 0 Å². The van der Waals surface area contributed by atoms with Gasteiger partial charge in [-0.15, -0.1) is 0 Å². The van der Waals surface area contributed by atoms with E-state index in [1.807, 2.05) is 0 Å². The average Bonchev–Trinajstić information content (AvgIpc) is 2.53. The molecule has 0 aliphatic carbocycles. The molecule has 0 fully saturated rings. The van der Waals surface area contributed by atoms with Crippen molar-refractivity contribution in [2.75, 3.05) is 0 Å². The van der Waals surface area contributed by atoms with Crippen LogP contribution >= 0.6 is 11.3 Å². The van der Waals surface area contributed by atoms with E-state index in [-0.39, 0.29) is 0 Å². The van der Waals surface area contributed by atoms with Crippen LogP contribution in [0.25, 0.3) is 0 Å². The van der Waals surface area contributed by atoms with Gasteiger partial charge in [0.15, 0.2) is 0 Å². The molecular formula is C10H12O3S. The summed E-state index contributed by atoms with van der Waals surface area (Å²) in [5, 5.41) is 22.2. The molecule has 1 rings (SSSR count). The van der Waals surface area contributed by atoms with Crippen molar-refractivity contribution in [1.82, 2.24) is 0 Å². The van der Waals surface area contributed by atoms with Crippen molar-refractivity contribution in [2.24, 2.45) is 5.92 Å². The largest absolute Gasteiger partial charge is 0.481 e. The molecule has 3 nitrogen and oxygen atoms in total. The Morgan fingerprint density at radius 1 is 1.64 bits per heavy atom. The fourth-order valence-corrected chi connectivity index (χ4v) is 1.94. The zero-order valence-corrected chi connectivity index (χ0v) is 8.62. The Balaban J connectivity index is 2.90. The van der Waals surface area contributed by atoms with Crippen LogP contribution in [0.3, 0.4) is 0 Å². The Labute approximate surface area is 86.3 Å². The number of carboxylic acids is 1. The van der Waals surface area contributed by atoms with Gasteiger partial charge in [0.2, 0.25) is 0 Å². The normalized spacial score (nSPS) is 14.7. The molecule has 4 heteroatoms. The highest BCUT2D eigenvalue weighted by Crippen LogP contribution is 2.28. The summed E-state index contributed by atoms with van der Waals surface area (Å²) in [5.41, 5.74) is 1.08. The van der Waals surface area contributed by atoms with Gasteiger partial charge in [-0.25, -0.2) is 0 Å². The minimum Gasteiger partial charge on any atom is -0.481 e. The lowest BCUT2D eigenvalue weighted by atomic mass is 9.92. The zero-order chi connectivity index (χ0) is 10.7. The molecule has 0 aromatic carbocycles. The lowest BCUT2D eigenvalue weighted by Crippen LogP contribution is -2.22. The molecule has 1 heterocycles. The molecule has 0 radical (unpaired) electrons. The first-order chi connectivity index (χ1) is 6.54. The Kier molecular flexibility index (Phi) is 3.43. The standard InChI is InChI=1S/C10H12O3S/c1-6(2)8(10(12)13)9(11)7-3-4-14-5-7/h3-5,8-9,11H,1H2,2H3,(H,12,13). The number of rotatable bonds is 4. The number of aliphatic carboxylic acids is 1. The fraction of sp³-hybridized carbons (Fsp3) is 0.300. The molecule has 0 bridgehead atoms.